The molecule has 2 fully saturated rings. The van der Waals surface area contributed by atoms with Crippen molar-refractivity contribution in [1.82, 2.24) is 10.4 Å². The summed E-state index contributed by atoms with van der Waals surface area (Å²) in [4.78, 5) is 0. The van der Waals surface area contributed by atoms with Crippen molar-refractivity contribution in [3.63, 3.8) is 0 Å². The second kappa shape index (κ2) is 4.63. The fourth-order valence-electron chi connectivity index (χ4n) is 3.35. The summed E-state index contributed by atoms with van der Waals surface area (Å²) in [6.45, 7) is 7.87. The molecule has 0 spiro atoms. The van der Waals surface area contributed by atoms with Gasteiger partial charge in [0.1, 0.15) is 0 Å². The predicted molar refractivity (Wildman–Crippen MR) is 68.0 cm³/mol. The lowest BCUT2D eigenvalue weighted by atomic mass is 9.75. The minimum absolute atomic E-state index is 0.143. The first-order chi connectivity index (χ1) is 7.60. The molecule has 3 heteroatoms. The largest absolute Gasteiger partial charge is 0.329 e. The Bertz CT molecular complexity index is 233. The van der Waals surface area contributed by atoms with Crippen LogP contribution in [0.25, 0.3) is 0 Å². The van der Waals surface area contributed by atoms with E-state index in [2.05, 4.69) is 24.3 Å². The Morgan fingerprint density at radius 1 is 1.06 bits per heavy atom. The summed E-state index contributed by atoms with van der Waals surface area (Å²) in [6, 6.07) is 0. The van der Waals surface area contributed by atoms with Crippen LogP contribution in [0.15, 0.2) is 0 Å². The molecule has 1 saturated heterocycles. The van der Waals surface area contributed by atoms with E-state index in [0.717, 1.165) is 6.54 Å². The Hall–Kier alpha value is -0.120. The molecule has 94 valence electrons. The first kappa shape index (κ1) is 12.3. The third kappa shape index (κ3) is 2.13. The van der Waals surface area contributed by atoms with E-state index in [1.54, 1.807) is 0 Å². The maximum Gasteiger partial charge on any atom is 0.0498 e. The fraction of sp³-hybridized carbons (Fsp3) is 1.00. The highest BCUT2D eigenvalue weighted by molar-refractivity contribution is 5.05. The highest BCUT2D eigenvalue weighted by Gasteiger charge is 2.48. The molecule has 0 bridgehead atoms. The van der Waals surface area contributed by atoms with Crippen LogP contribution in [0.1, 0.15) is 52.4 Å². The lowest BCUT2D eigenvalue weighted by Crippen LogP contribution is -2.63. The number of nitrogens with two attached hydrogens (primary N) is 1. The van der Waals surface area contributed by atoms with E-state index in [1.807, 2.05) is 0 Å². The van der Waals surface area contributed by atoms with E-state index < -0.39 is 0 Å². The van der Waals surface area contributed by atoms with E-state index >= 15 is 0 Å². The lowest BCUT2D eigenvalue weighted by molar-refractivity contribution is 0.0318. The summed E-state index contributed by atoms with van der Waals surface area (Å²) >= 11 is 0. The molecule has 3 N–H and O–H groups in total. The Labute approximate surface area is 99.7 Å². The smallest absolute Gasteiger partial charge is 0.0498 e. The average Bonchev–Trinajstić information content (AvgIpc) is 2.56. The third-order valence-electron chi connectivity index (χ3n) is 4.78. The van der Waals surface area contributed by atoms with Crippen molar-refractivity contribution in [3.05, 3.63) is 0 Å². The summed E-state index contributed by atoms with van der Waals surface area (Å²) in [7, 11) is 0. The first-order valence-electron chi connectivity index (χ1n) is 6.82. The zero-order valence-electron chi connectivity index (χ0n) is 10.9. The summed E-state index contributed by atoms with van der Waals surface area (Å²) in [6.07, 6.45) is 7.88. The van der Waals surface area contributed by atoms with Gasteiger partial charge in [0, 0.05) is 25.2 Å². The molecule has 0 radical (unpaired) electrons. The molecule has 1 heterocycles. The number of nitrogens with zero attached hydrogens (tertiary/aromatic N) is 1. The fourth-order valence-corrected chi connectivity index (χ4v) is 3.35. The summed E-state index contributed by atoms with van der Waals surface area (Å²) in [5.74, 6) is 0. The highest BCUT2D eigenvalue weighted by atomic mass is 15.5. The number of rotatable bonds is 3. The highest BCUT2D eigenvalue weighted by Crippen LogP contribution is 2.45. The van der Waals surface area contributed by atoms with Crippen LogP contribution in [0.2, 0.25) is 0 Å². The number of hydrogen-bond donors (Lipinski definition) is 2. The van der Waals surface area contributed by atoms with E-state index in [9.17, 15) is 0 Å². The molecule has 0 aromatic carbocycles. The maximum absolute atomic E-state index is 6.07. The number of hydrazine groups is 1. The zero-order valence-corrected chi connectivity index (χ0v) is 10.9. The zero-order chi connectivity index (χ0) is 11.6. The van der Waals surface area contributed by atoms with Gasteiger partial charge in [0.15, 0.2) is 0 Å². The standard InChI is InChI=1S/C13H27N3/c1-12(2)7-6-8-13(12,11-14)15-16-9-4-3-5-10-16/h15H,3-11,14H2,1-2H3. The normalized spacial score (nSPS) is 35.4. The van der Waals surface area contributed by atoms with Gasteiger partial charge in [-0.2, -0.15) is 0 Å². The number of nitrogens with one attached hydrogen (secondary N) is 1. The van der Waals surface area contributed by atoms with E-state index in [4.69, 9.17) is 5.73 Å². The molecule has 1 saturated carbocycles. The summed E-state index contributed by atoms with van der Waals surface area (Å²) in [5, 5.41) is 2.42. The molecule has 2 rings (SSSR count). The predicted octanol–water partition coefficient (Wildman–Crippen LogP) is 1.88. The van der Waals surface area contributed by atoms with Crippen LogP contribution in [0, 0.1) is 5.41 Å². The van der Waals surface area contributed by atoms with Gasteiger partial charge < -0.3 is 5.73 Å². The minimum Gasteiger partial charge on any atom is -0.329 e. The Balaban J connectivity index is 2.03. The molecule has 1 aliphatic heterocycles. The summed E-state index contributed by atoms with van der Waals surface area (Å²) < 4.78 is 0. The molecule has 2 aliphatic rings. The van der Waals surface area contributed by atoms with Gasteiger partial charge in [-0.05, 0) is 31.1 Å². The minimum atomic E-state index is 0.143. The van der Waals surface area contributed by atoms with Gasteiger partial charge >= 0.3 is 0 Å². The molecule has 1 atom stereocenters. The summed E-state index contributed by atoms with van der Waals surface area (Å²) in [5.41, 5.74) is 10.3. The number of piperidine rings is 1. The van der Waals surface area contributed by atoms with Crippen LogP contribution in [0.5, 0.6) is 0 Å². The van der Waals surface area contributed by atoms with Crippen LogP contribution in [-0.4, -0.2) is 30.2 Å². The Kier molecular flexibility index (Phi) is 3.57. The molecule has 3 nitrogen and oxygen atoms in total. The van der Waals surface area contributed by atoms with Crippen molar-refractivity contribution in [2.45, 2.75) is 57.9 Å². The van der Waals surface area contributed by atoms with Crippen molar-refractivity contribution in [1.29, 1.82) is 0 Å². The van der Waals surface area contributed by atoms with Crippen LogP contribution < -0.4 is 11.2 Å². The van der Waals surface area contributed by atoms with Crippen molar-refractivity contribution in [3.8, 4) is 0 Å². The molecule has 1 aliphatic carbocycles. The van der Waals surface area contributed by atoms with Gasteiger partial charge in [-0.1, -0.05) is 26.7 Å². The van der Waals surface area contributed by atoms with Crippen molar-refractivity contribution >= 4 is 0 Å². The monoisotopic (exact) mass is 225 g/mol. The van der Waals surface area contributed by atoms with Gasteiger partial charge in [0.05, 0.1) is 0 Å². The molecule has 1 unspecified atom stereocenters. The van der Waals surface area contributed by atoms with Crippen LogP contribution >= 0.6 is 0 Å². The molecule has 0 amide bonds. The topological polar surface area (TPSA) is 41.3 Å². The van der Waals surface area contributed by atoms with Gasteiger partial charge in [0.2, 0.25) is 0 Å². The first-order valence-corrected chi connectivity index (χ1v) is 6.82. The van der Waals surface area contributed by atoms with Gasteiger partial charge in [0.25, 0.3) is 0 Å². The molecular weight excluding hydrogens is 198 g/mol. The van der Waals surface area contributed by atoms with Crippen LogP contribution in [0.4, 0.5) is 0 Å². The quantitative estimate of drug-likeness (QED) is 0.770. The second-order valence-electron chi connectivity index (χ2n) is 6.18. The Morgan fingerprint density at radius 3 is 2.25 bits per heavy atom. The average molecular weight is 225 g/mol. The Morgan fingerprint density at radius 2 is 1.75 bits per heavy atom. The van der Waals surface area contributed by atoms with Crippen molar-refractivity contribution in [2.24, 2.45) is 11.1 Å². The SMILES string of the molecule is CC1(C)CCCC1(CN)NN1CCCCC1. The maximum atomic E-state index is 6.07. The van der Waals surface area contributed by atoms with Gasteiger partial charge in [-0.3, -0.25) is 0 Å². The molecule has 0 aromatic heterocycles. The molecular formula is C13H27N3. The second-order valence-corrected chi connectivity index (χ2v) is 6.18. The van der Waals surface area contributed by atoms with E-state index in [-0.39, 0.29) is 5.54 Å². The van der Waals surface area contributed by atoms with Gasteiger partial charge in [-0.15, -0.1) is 0 Å². The molecule has 16 heavy (non-hydrogen) atoms. The van der Waals surface area contributed by atoms with Crippen LogP contribution in [-0.2, 0) is 0 Å². The third-order valence-corrected chi connectivity index (χ3v) is 4.78. The van der Waals surface area contributed by atoms with Crippen LogP contribution in [0.3, 0.4) is 0 Å². The van der Waals surface area contributed by atoms with E-state index in [0.29, 0.717) is 5.41 Å². The van der Waals surface area contributed by atoms with Crippen molar-refractivity contribution < 1.29 is 0 Å². The number of hydrogen-bond acceptors (Lipinski definition) is 3. The molecule has 0 aromatic rings. The lowest BCUT2D eigenvalue weighted by Gasteiger charge is -2.46. The van der Waals surface area contributed by atoms with Crippen molar-refractivity contribution in [2.75, 3.05) is 19.6 Å². The van der Waals surface area contributed by atoms with Gasteiger partial charge in [-0.25, -0.2) is 10.4 Å². The van der Waals surface area contributed by atoms with E-state index in [1.165, 1.54) is 51.6 Å².